The van der Waals surface area contributed by atoms with Crippen LogP contribution in [0.15, 0.2) is 6.33 Å². The molecule has 3 N–H and O–H groups in total. The maximum absolute atomic E-state index is 4.57. The van der Waals surface area contributed by atoms with E-state index >= 15 is 0 Å². The van der Waals surface area contributed by atoms with Crippen LogP contribution in [0.4, 0.5) is 11.8 Å². The van der Waals surface area contributed by atoms with Crippen LogP contribution in [0.1, 0.15) is 39.5 Å². The number of nitrogens with one attached hydrogen (secondary N) is 3. The molecule has 0 amide bonds. The van der Waals surface area contributed by atoms with Gasteiger partial charge >= 0.3 is 0 Å². The summed E-state index contributed by atoms with van der Waals surface area (Å²) in [4.78, 5) is 16.3. The minimum Gasteiger partial charge on any atom is -0.363 e. The van der Waals surface area contributed by atoms with Crippen LogP contribution in [0.25, 0.3) is 11.2 Å². The van der Waals surface area contributed by atoms with Gasteiger partial charge in [-0.15, -0.1) is 0 Å². The maximum atomic E-state index is 4.57. The van der Waals surface area contributed by atoms with Gasteiger partial charge in [0.05, 0.1) is 6.33 Å². The third-order valence-electron chi connectivity index (χ3n) is 3.70. The van der Waals surface area contributed by atoms with Crippen LogP contribution >= 0.6 is 0 Å². The topological polar surface area (TPSA) is 78.5 Å². The van der Waals surface area contributed by atoms with Crippen molar-refractivity contribution in [1.82, 2.24) is 19.9 Å². The Balaban J connectivity index is 1.93. The van der Waals surface area contributed by atoms with Gasteiger partial charge in [-0.05, 0) is 32.6 Å². The summed E-state index contributed by atoms with van der Waals surface area (Å²) >= 11 is 0. The second-order valence-electron chi connectivity index (χ2n) is 5.46. The summed E-state index contributed by atoms with van der Waals surface area (Å²) in [5.41, 5.74) is 1.75. The Hall–Kier alpha value is -1.85. The van der Waals surface area contributed by atoms with E-state index in [0.29, 0.717) is 11.6 Å². The molecular formula is C13H20N6. The second-order valence-corrected chi connectivity index (χ2v) is 5.46. The van der Waals surface area contributed by atoms with Crippen LogP contribution in [0, 0.1) is 0 Å². The molecule has 0 saturated heterocycles. The first-order chi connectivity index (χ1) is 9.20. The number of imidazole rings is 1. The first-order valence-electron chi connectivity index (χ1n) is 6.93. The highest BCUT2D eigenvalue weighted by atomic mass is 15.2. The number of nitrogens with zero attached hydrogens (tertiary/aromatic N) is 3. The van der Waals surface area contributed by atoms with Crippen LogP contribution < -0.4 is 10.6 Å². The lowest BCUT2D eigenvalue weighted by molar-refractivity contribution is 0.306. The lowest BCUT2D eigenvalue weighted by atomic mass is 9.78. The highest BCUT2D eigenvalue weighted by Crippen LogP contribution is 2.35. The standard InChI is InChI=1S/C13H20N6/c1-3-7-14-12-17-10-9(15-8-16-10)11(18-12)19-13(2)5-4-6-13/h8H,3-7H2,1-2H3,(H3,14,15,16,17,18,19). The SMILES string of the molecule is CCCNc1nc(NC2(C)CCC2)c2[nH]cnc2n1. The lowest BCUT2D eigenvalue weighted by Gasteiger charge is -2.39. The minimum absolute atomic E-state index is 0.161. The maximum Gasteiger partial charge on any atom is 0.226 e. The van der Waals surface area contributed by atoms with E-state index in [-0.39, 0.29) is 5.54 Å². The van der Waals surface area contributed by atoms with Crippen LogP contribution in [-0.4, -0.2) is 32.0 Å². The number of rotatable bonds is 5. The Morgan fingerprint density at radius 2 is 2.21 bits per heavy atom. The van der Waals surface area contributed by atoms with Crippen LogP contribution in [0.5, 0.6) is 0 Å². The molecule has 6 heteroatoms. The second kappa shape index (κ2) is 4.68. The van der Waals surface area contributed by atoms with E-state index in [1.54, 1.807) is 6.33 Å². The molecule has 2 heterocycles. The molecular weight excluding hydrogens is 240 g/mol. The quantitative estimate of drug-likeness (QED) is 0.770. The largest absolute Gasteiger partial charge is 0.363 e. The summed E-state index contributed by atoms with van der Waals surface area (Å²) in [7, 11) is 0. The molecule has 1 saturated carbocycles. The number of anilines is 2. The number of aromatic nitrogens is 4. The molecule has 0 atom stereocenters. The fourth-order valence-electron chi connectivity index (χ4n) is 2.36. The Bertz CT molecular complexity index is 572. The Morgan fingerprint density at radius 1 is 1.37 bits per heavy atom. The zero-order valence-corrected chi connectivity index (χ0v) is 11.5. The summed E-state index contributed by atoms with van der Waals surface area (Å²) in [5, 5.41) is 6.76. The van der Waals surface area contributed by atoms with Crippen LogP contribution in [-0.2, 0) is 0 Å². The number of hydrogen-bond donors (Lipinski definition) is 3. The van der Waals surface area contributed by atoms with E-state index in [0.717, 1.165) is 24.3 Å². The van der Waals surface area contributed by atoms with Crippen molar-refractivity contribution < 1.29 is 0 Å². The highest BCUT2D eigenvalue weighted by Gasteiger charge is 2.32. The van der Waals surface area contributed by atoms with Gasteiger partial charge in [-0.2, -0.15) is 9.97 Å². The van der Waals surface area contributed by atoms with Gasteiger partial charge in [0.1, 0.15) is 5.52 Å². The average Bonchev–Trinajstić information content (AvgIpc) is 2.83. The first kappa shape index (κ1) is 12.2. The van der Waals surface area contributed by atoms with Gasteiger partial charge < -0.3 is 15.6 Å². The molecule has 2 aromatic rings. The molecule has 2 aromatic heterocycles. The fraction of sp³-hybridized carbons (Fsp3) is 0.615. The van der Waals surface area contributed by atoms with Gasteiger partial charge in [0.15, 0.2) is 11.5 Å². The number of aromatic amines is 1. The molecule has 1 fully saturated rings. The van der Waals surface area contributed by atoms with Crippen molar-refractivity contribution in [3.63, 3.8) is 0 Å². The van der Waals surface area contributed by atoms with E-state index in [1.807, 2.05) is 0 Å². The van der Waals surface area contributed by atoms with Crippen molar-refractivity contribution in [2.45, 2.75) is 45.1 Å². The van der Waals surface area contributed by atoms with Gasteiger partial charge in [-0.1, -0.05) is 6.92 Å². The summed E-state index contributed by atoms with van der Waals surface area (Å²) in [6, 6.07) is 0. The number of fused-ring (bicyclic) bond motifs is 1. The van der Waals surface area contributed by atoms with Crippen molar-refractivity contribution in [3.8, 4) is 0 Å². The predicted molar refractivity (Wildman–Crippen MR) is 76.3 cm³/mol. The smallest absolute Gasteiger partial charge is 0.226 e. The van der Waals surface area contributed by atoms with E-state index in [1.165, 1.54) is 19.3 Å². The molecule has 0 aliphatic heterocycles. The predicted octanol–water partition coefficient (Wildman–Crippen LogP) is 2.53. The summed E-state index contributed by atoms with van der Waals surface area (Å²) < 4.78 is 0. The Labute approximate surface area is 112 Å². The normalized spacial score (nSPS) is 17.2. The van der Waals surface area contributed by atoms with Crippen molar-refractivity contribution in [2.24, 2.45) is 0 Å². The number of hydrogen-bond acceptors (Lipinski definition) is 5. The van der Waals surface area contributed by atoms with Crippen molar-refractivity contribution in [1.29, 1.82) is 0 Å². The first-order valence-corrected chi connectivity index (χ1v) is 6.93. The van der Waals surface area contributed by atoms with Crippen molar-refractivity contribution in [3.05, 3.63) is 6.33 Å². The molecule has 0 radical (unpaired) electrons. The van der Waals surface area contributed by atoms with E-state index < -0.39 is 0 Å². The fourth-order valence-corrected chi connectivity index (χ4v) is 2.36. The van der Waals surface area contributed by atoms with Crippen molar-refractivity contribution >= 4 is 22.9 Å². The highest BCUT2D eigenvalue weighted by molar-refractivity contribution is 5.84. The van der Waals surface area contributed by atoms with Gasteiger partial charge in [0, 0.05) is 12.1 Å². The summed E-state index contributed by atoms with van der Waals surface area (Å²) in [6.45, 7) is 5.22. The van der Waals surface area contributed by atoms with E-state index in [2.05, 4.69) is 44.4 Å². The van der Waals surface area contributed by atoms with Gasteiger partial charge in [-0.25, -0.2) is 4.98 Å². The van der Waals surface area contributed by atoms with Crippen molar-refractivity contribution in [2.75, 3.05) is 17.2 Å². The van der Waals surface area contributed by atoms with Gasteiger partial charge in [0.2, 0.25) is 5.95 Å². The van der Waals surface area contributed by atoms with Gasteiger partial charge in [-0.3, -0.25) is 0 Å². The van der Waals surface area contributed by atoms with Crippen LogP contribution in [0.3, 0.4) is 0 Å². The molecule has 0 aromatic carbocycles. The molecule has 19 heavy (non-hydrogen) atoms. The molecule has 3 rings (SSSR count). The number of H-pyrrole nitrogens is 1. The zero-order valence-electron chi connectivity index (χ0n) is 11.5. The molecule has 0 spiro atoms. The molecule has 0 bridgehead atoms. The Kier molecular flexibility index (Phi) is 3.00. The molecule has 1 aliphatic carbocycles. The molecule has 102 valence electrons. The van der Waals surface area contributed by atoms with Gasteiger partial charge in [0.25, 0.3) is 0 Å². The van der Waals surface area contributed by atoms with E-state index in [9.17, 15) is 0 Å². The Morgan fingerprint density at radius 3 is 2.89 bits per heavy atom. The van der Waals surface area contributed by atoms with E-state index in [4.69, 9.17) is 0 Å². The monoisotopic (exact) mass is 260 g/mol. The summed E-state index contributed by atoms with van der Waals surface area (Å²) in [5.74, 6) is 1.50. The lowest BCUT2D eigenvalue weighted by Crippen LogP contribution is -2.42. The summed E-state index contributed by atoms with van der Waals surface area (Å²) in [6.07, 6.45) is 6.36. The third kappa shape index (κ3) is 2.34. The third-order valence-corrected chi connectivity index (χ3v) is 3.70. The molecule has 0 unspecified atom stereocenters. The molecule has 1 aliphatic rings. The minimum atomic E-state index is 0.161. The zero-order chi connectivity index (χ0) is 13.3. The average molecular weight is 260 g/mol. The molecule has 6 nitrogen and oxygen atoms in total. The van der Waals surface area contributed by atoms with Crippen LogP contribution in [0.2, 0.25) is 0 Å².